The Balaban J connectivity index is 2.33. The molecule has 9 nitrogen and oxygen atoms in total. The van der Waals surface area contributed by atoms with Crippen molar-refractivity contribution in [1.29, 1.82) is 0 Å². The molecule has 1 aromatic heterocycles. The first-order chi connectivity index (χ1) is 10.2. The van der Waals surface area contributed by atoms with Gasteiger partial charge in [0, 0.05) is 39.2 Å². The first-order valence-corrected chi connectivity index (χ1v) is 8.19. The quantitative estimate of drug-likeness (QED) is 0.517. The number of rotatable bonds is 9. The van der Waals surface area contributed by atoms with Gasteiger partial charge < -0.3 is 15.0 Å². The zero-order valence-corrected chi connectivity index (χ0v) is 13.3. The van der Waals surface area contributed by atoms with Crippen LogP contribution < -0.4 is 10.0 Å². The van der Waals surface area contributed by atoms with Crippen LogP contribution in [0.15, 0.2) is 11.2 Å². The maximum absolute atomic E-state index is 11.9. The third-order valence-corrected chi connectivity index (χ3v) is 4.23. The highest BCUT2D eigenvalue weighted by atomic mass is 32.2. The highest BCUT2D eigenvalue weighted by Crippen LogP contribution is 2.07. The van der Waals surface area contributed by atoms with Crippen LogP contribution in [0.2, 0.25) is 0 Å². The van der Waals surface area contributed by atoms with Gasteiger partial charge >= 0.3 is 5.97 Å². The minimum absolute atomic E-state index is 0.0219. The fourth-order valence-electron chi connectivity index (χ4n) is 1.58. The summed E-state index contributed by atoms with van der Waals surface area (Å²) >= 11 is 0. The van der Waals surface area contributed by atoms with Gasteiger partial charge in [0.25, 0.3) is 10.0 Å². The Kier molecular flexibility index (Phi) is 6.50. The Hall–Kier alpha value is -1.94. The lowest BCUT2D eigenvalue weighted by Crippen LogP contribution is -2.31. The lowest BCUT2D eigenvalue weighted by Gasteiger charge is -2.05. The average Bonchev–Trinajstić information content (AvgIpc) is 2.75. The number of nitrogens with one attached hydrogen (secondary N) is 2. The number of aliphatic carboxylic acids is 1. The molecule has 1 aromatic rings. The summed E-state index contributed by atoms with van der Waals surface area (Å²) in [6.07, 6.45) is 1.67. The van der Waals surface area contributed by atoms with Crippen molar-refractivity contribution in [2.45, 2.75) is 31.2 Å². The van der Waals surface area contributed by atoms with Gasteiger partial charge in [-0.2, -0.15) is 0 Å². The number of sulfonamides is 1. The third kappa shape index (κ3) is 5.82. The fourth-order valence-corrected chi connectivity index (χ4v) is 2.65. The van der Waals surface area contributed by atoms with Gasteiger partial charge in [-0.05, 0) is 13.3 Å². The normalized spacial score (nSPS) is 11.4. The first kappa shape index (κ1) is 18.1. The third-order valence-electron chi connectivity index (χ3n) is 2.90. The molecule has 10 heteroatoms. The summed E-state index contributed by atoms with van der Waals surface area (Å²) in [4.78, 5) is 25.7. The molecule has 0 aromatic carbocycles. The van der Waals surface area contributed by atoms with Gasteiger partial charge in [0.2, 0.25) is 5.91 Å². The van der Waals surface area contributed by atoms with Crippen LogP contribution in [0, 0.1) is 6.92 Å². The number of carboxylic acids is 1. The maximum atomic E-state index is 11.9. The Labute approximate surface area is 128 Å². The summed E-state index contributed by atoms with van der Waals surface area (Å²) in [7, 11) is -2.05. The number of carboxylic acid groups (broad SMARTS) is 1. The van der Waals surface area contributed by atoms with E-state index in [4.69, 9.17) is 5.11 Å². The van der Waals surface area contributed by atoms with E-state index in [9.17, 15) is 18.0 Å². The lowest BCUT2D eigenvalue weighted by atomic mass is 10.3. The number of carbonyl (C=O) groups excluding carboxylic acids is 1. The van der Waals surface area contributed by atoms with Crippen LogP contribution in [0.25, 0.3) is 0 Å². The van der Waals surface area contributed by atoms with Crippen LogP contribution in [0.4, 0.5) is 0 Å². The molecule has 0 saturated carbocycles. The molecule has 1 rings (SSSR count). The summed E-state index contributed by atoms with van der Waals surface area (Å²) in [5, 5.41) is 10.9. The first-order valence-electron chi connectivity index (χ1n) is 6.70. The van der Waals surface area contributed by atoms with Gasteiger partial charge in [-0.25, -0.2) is 18.1 Å². The number of aromatic nitrogens is 2. The molecule has 3 N–H and O–H groups in total. The Morgan fingerprint density at radius 3 is 2.55 bits per heavy atom. The van der Waals surface area contributed by atoms with Crippen molar-refractivity contribution in [3.63, 3.8) is 0 Å². The monoisotopic (exact) mass is 332 g/mol. The van der Waals surface area contributed by atoms with Crippen LogP contribution in [0.1, 0.15) is 25.1 Å². The van der Waals surface area contributed by atoms with E-state index < -0.39 is 16.0 Å². The van der Waals surface area contributed by atoms with E-state index in [2.05, 4.69) is 15.0 Å². The lowest BCUT2D eigenvalue weighted by molar-refractivity contribution is -0.137. The number of hydrogen-bond acceptors (Lipinski definition) is 5. The molecule has 1 amide bonds. The van der Waals surface area contributed by atoms with E-state index in [1.165, 1.54) is 6.20 Å². The standard InChI is InChI=1S/C12H20N4O5S/c1-9-15-11(8-16(9)2)22(20,21)14-7-5-10(17)13-6-3-4-12(18)19/h8,14H,3-7H2,1-2H3,(H,13,17)(H,18,19). The Bertz CT molecular complexity index is 618. The molecular weight excluding hydrogens is 312 g/mol. The van der Waals surface area contributed by atoms with Crippen molar-refractivity contribution in [2.24, 2.45) is 7.05 Å². The van der Waals surface area contributed by atoms with Crippen molar-refractivity contribution >= 4 is 21.9 Å². The van der Waals surface area contributed by atoms with Crippen molar-refractivity contribution in [3.05, 3.63) is 12.0 Å². The molecule has 0 spiro atoms. The molecule has 0 aliphatic carbocycles. The molecule has 22 heavy (non-hydrogen) atoms. The van der Waals surface area contributed by atoms with Crippen LogP contribution >= 0.6 is 0 Å². The highest BCUT2D eigenvalue weighted by molar-refractivity contribution is 7.89. The molecule has 0 atom stereocenters. The zero-order valence-electron chi connectivity index (χ0n) is 12.5. The Morgan fingerprint density at radius 1 is 1.32 bits per heavy atom. The van der Waals surface area contributed by atoms with Crippen LogP contribution in [0.5, 0.6) is 0 Å². The number of imidazole rings is 1. The number of nitrogens with zero attached hydrogens (tertiary/aromatic N) is 2. The maximum Gasteiger partial charge on any atom is 0.303 e. The Morgan fingerprint density at radius 2 is 2.00 bits per heavy atom. The van der Waals surface area contributed by atoms with Crippen molar-refractivity contribution in [2.75, 3.05) is 13.1 Å². The van der Waals surface area contributed by atoms with Crippen molar-refractivity contribution in [1.82, 2.24) is 19.6 Å². The fraction of sp³-hybridized carbons (Fsp3) is 0.583. The SMILES string of the molecule is Cc1nc(S(=O)(=O)NCCC(=O)NCCCC(=O)O)cn1C. The molecule has 0 saturated heterocycles. The largest absolute Gasteiger partial charge is 0.481 e. The van der Waals surface area contributed by atoms with Gasteiger partial charge in [-0.1, -0.05) is 0 Å². The molecule has 0 fully saturated rings. The summed E-state index contributed by atoms with van der Waals surface area (Å²) in [5.41, 5.74) is 0. The second-order valence-electron chi connectivity index (χ2n) is 4.73. The topological polar surface area (TPSA) is 130 Å². The molecule has 0 radical (unpaired) electrons. The molecule has 0 bridgehead atoms. The summed E-state index contributed by atoms with van der Waals surface area (Å²) < 4.78 is 27.7. The predicted molar refractivity (Wildman–Crippen MR) is 77.6 cm³/mol. The number of aryl methyl sites for hydroxylation is 2. The molecule has 124 valence electrons. The van der Waals surface area contributed by atoms with Crippen LogP contribution in [-0.2, 0) is 26.7 Å². The van der Waals surface area contributed by atoms with E-state index in [-0.39, 0.29) is 36.9 Å². The molecule has 0 aliphatic heterocycles. The van der Waals surface area contributed by atoms with Gasteiger partial charge in [-0.3, -0.25) is 9.59 Å². The van der Waals surface area contributed by atoms with E-state index in [1.807, 2.05) is 0 Å². The second-order valence-corrected chi connectivity index (χ2v) is 6.45. The molecule has 0 unspecified atom stereocenters. The summed E-state index contributed by atoms with van der Waals surface area (Å²) in [6.45, 7) is 1.88. The number of carbonyl (C=O) groups is 2. The van der Waals surface area contributed by atoms with E-state index in [0.717, 1.165) is 0 Å². The van der Waals surface area contributed by atoms with E-state index >= 15 is 0 Å². The zero-order chi connectivity index (χ0) is 16.8. The smallest absolute Gasteiger partial charge is 0.303 e. The van der Waals surface area contributed by atoms with Gasteiger partial charge in [0.05, 0.1) is 0 Å². The van der Waals surface area contributed by atoms with Crippen LogP contribution in [0.3, 0.4) is 0 Å². The second kappa shape index (κ2) is 7.90. The number of hydrogen-bond donors (Lipinski definition) is 3. The summed E-state index contributed by atoms with van der Waals surface area (Å²) in [6, 6.07) is 0. The predicted octanol–water partition coefficient (Wildman–Crippen LogP) is -0.622. The molecular formula is C12H20N4O5S. The van der Waals surface area contributed by atoms with E-state index in [0.29, 0.717) is 12.2 Å². The van der Waals surface area contributed by atoms with E-state index in [1.54, 1.807) is 18.5 Å². The van der Waals surface area contributed by atoms with Gasteiger partial charge in [0.15, 0.2) is 5.03 Å². The van der Waals surface area contributed by atoms with Crippen LogP contribution in [-0.4, -0.2) is 48.0 Å². The minimum atomic E-state index is -3.73. The van der Waals surface area contributed by atoms with Crippen molar-refractivity contribution < 1.29 is 23.1 Å². The average molecular weight is 332 g/mol. The number of amides is 1. The summed E-state index contributed by atoms with van der Waals surface area (Å²) in [5.74, 6) is -0.700. The van der Waals surface area contributed by atoms with Gasteiger partial charge in [0.1, 0.15) is 5.82 Å². The van der Waals surface area contributed by atoms with Crippen molar-refractivity contribution in [3.8, 4) is 0 Å². The molecule has 0 aliphatic rings. The van der Waals surface area contributed by atoms with Gasteiger partial charge in [-0.15, -0.1) is 0 Å². The highest BCUT2D eigenvalue weighted by Gasteiger charge is 2.18. The minimum Gasteiger partial charge on any atom is -0.481 e. The molecule has 1 heterocycles.